The number of anilines is 1. The molecule has 1 aromatic rings. The normalized spacial score (nSPS) is 11.5. The maximum absolute atomic E-state index is 4.30. The van der Waals surface area contributed by atoms with Gasteiger partial charge in [0.1, 0.15) is 0 Å². The Labute approximate surface area is 130 Å². The van der Waals surface area contributed by atoms with Crippen LogP contribution in [0.2, 0.25) is 0 Å². The predicted octanol–water partition coefficient (Wildman–Crippen LogP) is 6.42. The highest BCUT2D eigenvalue weighted by molar-refractivity contribution is 5.76. The van der Waals surface area contributed by atoms with E-state index in [9.17, 15) is 0 Å². The number of hydrogen-bond acceptors (Lipinski definition) is 1. The van der Waals surface area contributed by atoms with Gasteiger partial charge in [0.05, 0.1) is 0 Å². The van der Waals surface area contributed by atoms with Crippen LogP contribution in [-0.2, 0) is 0 Å². The Balaban J connectivity index is 3.10. The highest BCUT2D eigenvalue weighted by Gasteiger charge is 2.15. The summed E-state index contributed by atoms with van der Waals surface area (Å²) in [5, 5.41) is 3.55. The summed E-state index contributed by atoms with van der Waals surface area (Å²) in [6.07, 6.45) is 5.15. The second-order valence-corrected chi connectivity index (χ2v) is 6.93. The van der Waals surface area contributed by atoms with E-state index >= 15 is 0 Å². The van der Waals surface area contributed by atoms with E-state index in [1.807, 2.05) is 6.92 Å². The van der Waals surface area contributed by atoms with Crippen molar-refractivity contribution < 1.29 is 0 Å². The van der Waals surface area contributed by atoms with Crippen molar-refractivity contribution in [2.24, 2.45) is 5.41 Å². The highest BCUT2D eigenvalue weighted by Crippen LogP contribution is 2.33. The highest BCUT2D eigenvalue weighted by atomic mass is 14.9. The van der Waals surface area contributed by atoms with Gasteiger partial charge in [-0.25, -0.2) is 0 Å². The molecule has 0 heterocycles. The lowest BCUT2D eigenvalue weighted by Gasteiger charge is -2.22. The number of hydrogen-bond donors (Lipinski definition) is 1. The smallest absolute Gasteiger partial charge is 0.0460 e. The van der Waals surface area contributed by atoms with E-state index in [1.54, 1.807) is 0 Å². The lowest BCUT2D eigenvalue weighted by atomic mass is 9.85. The third-order valence-corrected chi connectivity index (χ3v) is 3.19. The van der Waals surface area contributed by atoms with Gasteiger partial charge in [0.2, 0.25) is 0 Å². The second kappa shape index (κ2) is 7.31. The van der Waals surface area contributed by atoms with Crippen LogP contribution >= 0.6 is 0 Å². The van der Waals surface area contributed by atoms with Gasteiger partial charge in [-0.3, -0.25) is 0 Å². The molecule has 0 bridgehead atoms. The van der Waals surface area contributed by atoms with Gasteiger partial charge in [0, 0.05) is 16.9 Å². The molecule has 0 aromatic heterocycles. The molecule has 114 valence electrons. The van der Waals surface area contributed by atoms with Crippen LogP contribution in [0.15, 0.2) is 54.3 Å². The topological polar surface area (TPSA) is 12.0 Å². The number of benzene rings is 1. The summed E-state index contributed by atoms with van der Waals surface area (Å²) in [4.78, 5) is 0. The number of allylic oxidation sites excluding steroid dienone is 4. The summed E-state index contributed by atoms with van der Waals surface area (Å²) in [5.41, 5.74) is 6.17. The molecule has 0 aliphatic rings. The Bertz CT molecular complexity index is 549. The molecule has 1 rings (SSSR count). The van der Waals surface area contributed by atoms with E-state index in [-0.39, 0.29) is 5.41 Å². The molecule has 0 amide bonds. The molecule has 1 N–H and O–H groups in total. The third-order valence-electron chi connectivity index (χ3n) is 3.19. The molecule has 1 aromatic carbocycles. The molecule has 21 heavy (non-hydrogen) atoms. The van der Waals surface area contributed by atoms with Crippen LogP contribution < -0.4 is 5.32 Å². The first-order chi connectivity index (χ1) is 9.74. The van der Waals surface area contributed by atoms with Gasteiger partial charge in [-0.1, -0.05) is 57.2 Å². The molecular weight excluding hydrogens is 254 g/mol. The van der Waals surface area contributed by atoms with Crippen molar-refractivity contribution in [1.29, 1.82) is 0 Å². The molecule has 0 spiro atoms. The maximum Gasteiger partial charge on any atom is 0.0460 e. The van der Waals surface area contributed by atoms with E-state index in [0.717, 1.165) is 17.8 Å². The van der Waals surface area contributed by atoms with Crippen molar-refractivity contribution in [3.05, 3.63) is 59.8 Å². The Morgan fingerprint density at radius 3 is 2.33 bits per heavy atom. The molecule has 1 heteroatoms. The Kier molecular flexibility index (Phi) is 6.02. The standard InChI is InChI=1S/C20H29N/c1-8-11-18(15(2)3)21-19-13-10-9-12-17(19)16(4)14-20(5,6)7/h8-13,21H,4,14H2,1-3,5-7H3/b11-8-. The Morgan fingerprint density at radius 2 is 1.81 bits per heavy atom. The van der Waals surface area contributed by atoms with E-state index in [4.69, 9.17) is 0 Å². The van der Waals surface area contributed by atoms with Crippen molar-refractivity contribution in [3.63, 3.8) is 0 Å². The molecule has 0 unspecified atom stereocenters. The quantitative estimate of drug-likeness (QED) is 0.615. The number of nitrogens with one attached hydrogen (secondary N) is 1. The molecule has 0 saturated heterocycles. The largest absolute Gasteiger partial charge is 0.355 e. The Hall–Kier alpha value is -1.76. The van der Waals surface area contributed by atoms with Gasteiger partial charge in [-0.05, 0) is 50.3 Å². The fourth-order valence-corrected chi connectivity index (χ4v) is 2.28. The SMILES string of the molecule is C=C(CC(C)(C)C)c1ccccc1NC(/C=C\C)=C(C)C. The average Bonchev–Trinajstić information content (AvgIpc) is 2.36. The molecule has 0 radical (unpaired) electrons. The van der Waals surface area contributed by atoms with Crippen LogP contribution in [0, 0.1) is 5.41 Å². The fourth-order valence-electron chi connectivity index (χ4n) is 2.28. The zero-order chi connectivity index (χ0) is 16.0. The van der Waals surface area contributed by atoms with E-state index < -0.39 is 0 Å². The summed E-state index contributed by atoms with van der Waals surface area (Å²) in [6.45, 7) is 17.3. The van der Waals surface area contributed by atoms with Crippen molar-refractivity contribution in [3.8, 4) is 0 Å². The van der Waals surface area contributed by atoms with E-state index in [1.165, 1.54) is 16.7 Å². The zero-order valence-electron chi connectivity index (χ0n) is 14.4. The summed E-state index contributed by atoms with van der Waals surface area (Å²) >= 11 is 0. The molecule has 0 saturated carbocycles. The predicted molar refractivity (Wildman–Crippen MR) is 96.4 cm³/mol. The molecular formula is C20H29N. The summed E-state index contributed by atoms with van der Waals surface area (Å²) < 4.78 is 0. The molecule has 0 aliphatic carbocycles. The minimum absolute atomic E-state index is 0.243. The van der Waals surface area contributed by atoms with Crippen molar-refractivity contribution in [1.82, 2.24) is 0 Å². The van der Waals surface area contributed by atoms with Crippen LogP contribution in [0.1, 0.15) is 53.5 Å². The maximum atomic E-state index is 4.30. The van der Waals surface area contributed by atoms with Gasteiger partial charge in [-0.15, -0.1) is 0 Å². The minimum atomic E-state index is 0.243. The molecule has 1 nitrogen and oxygen atoms in total. The van der Waals surface area contributed by atoms with Gasteiger partial charge >= 0.3 is 0 Å². The van der Waals surface area contributed by atoms with Gasteiger partial charge in [-0.2, -0.15) is 0 Å². The van der Waals surface area contributed by atoms with E-state index in [0.29, 0.717) is 0 Å². The summed E-state index contributed by atoms with van der Waals surface area (Å²) in [6, 6.07) is 8.41. The van der Waals surface area contributed by atoms with Crippen LogP contribution in [0.3, 0.4) is 0 Å². The first kappa shape index (κ1) is 17.3. The van der Waals surface area contributed by atoms with Gasteiger partial charge in [0.25, 0.3) is 0 Å². The Morgan fingerprint density at radius 1 is 1.19 bits per heavy atom. The third kappa shape index (κ3) is 5.63. The van der Waals surface area contributed by atoms with Crippen molar-refractivity contribution in [2.75, 3.05) is 5.32 Å². The number of para-hydroxylation sites is 1. The van der Waals surface area contributed by atoms with Crippen LogP contribution in [0.5, 0.6) is 0 Å². The van der Waals surface area contributed by atoms with Crippen LogP contribution in [0.25, 0.3) is 5.57 Å². The molecule has 0 aliphatic heterocycles. The van der Waals surface area contributed by atoms with Crippen LogP contribution in [0.4, 0.5) is 5.69 Å². The first-order valence-electron chi connectivity index (χ1n) is 7.59. The first-order valence-corrected chi connectivity index (χ1v) is 7.59. The lowest BCUT2D eigenvalue weighted by Crippen LogP contribution is -2.07. The van der Waals surface area contributed by atoms with Gasteiger partial charge < -0.3 is 5.32 Å². The van der Waals surface area contributed by atoms with E-state index in [2.05, 4.69) is 82.9 Å². The molecule has 0 fully saturated rings. The zero-order valence-corrected chi connectivity index (χ0v) is 14.4. The van der Waals surface area contributed by atoms with Crippen LogP contribution in [-0.4, -0.2) is 0 Å². The summed E-state index contributed by atoms with van der Waals surface area (Å²) in [5.74, 6) is 0. The molecule has 0 atom stereocenters. The lowest BCUT2D eigenvalue weighted by molar-refractivity contribution is 0.427. The minimum Gasteiger partial charge on any atom is -0.355 e. The second-order valence-electron chi connectivity index (χ2n) is 6.93. The number of rotatable bonds is 5. The van der Waals surface area contributed by atoms with Crippen molar-refractivity contribution in [2.45, 2.75) is 48.0 Å². The van der Waals surface area contributed by atoms with Gasteiger partial charge in [0.15, 0.2) is 0 Å². The average molecular weight is 283 g/mol. The summed E-state index contributed by atoms with van der Waals surface area (Å²) in [7, 11) is 0. The fraction of sp³-hybridized carbons (Fsp3) is 0.400. The monoisotopic (exact) mass is 283 g/mol. The van der Waals surface area contributed by atoms with Crippen molar-refractivity contribution >= 4 is 11.3 Å².